The maximum Gasteiger partial charge on any atom is 0.224 e. The smallest absolute Gasteiger partial charge is 0.224 e. The maximum atomic E-state index is 14.0. The van der Waals surface area contributed by atoms with Crippen molar-refractivity contribution in [3.63, 3.8) is 0 Å². The Morgan fingerprint density at radius 3 is 2.73 bits per heavy atom. The minimum Gasteiger partial charge on any atom is -0.327 e. The molecular weight excluding hydrogens is 305 g/mol. The van der Waals surface area contributed by atoms with E-state index < -0.39 is 5.82 Å². The van der Waals surface area contributed by atoms with Gasteiger partial charge in [0.15, 0.2) is 11.6 Å². The molecule has 0 fully saturated rings. The molecule has 0 N–H and O–H groups in total. The Bertz CT molecular complexity index is 874. The van der Waals surface area contributed by atoms with Crippen LogP contribution in [0.25, 0.3) is 10.9 Å². The Balaban J connectivity index is 2.18. The first-order chi connectivity index (χ1) is 10.4. The average molecular weight is 320 g/mol. The van der Waals surface area contributed by atoms with E-state index in [-0.39, 0.29) is 11.1 Å². The molecule has 0 aliphatic rings. The maximum absolute atomic E-state index is 14.0. The minimum atomic E-state index is -0.521. The third-order valence-electron chi connectivity index (χ3n) is 3.73. The molecule has 0 radical (unpaired) electrons. The van der Waals surface area contributed by atoms with Crippen LogP contribution in [0.5, 0.6) is 0 Å². The molecule has 0 saturated carbocycles. The topological polar surface area (TPSA) is 46.8 Å². The molecule has 114 valence electrons. The van der Waals surface area contributed by atoms with Crippen LogP contribution in [0.3, 0.4) is 0 Å². The van der Waals surface area contributed by atoms with Crippen LogP contribution >= 0.6 is 11.6 Å². The molecule has 22 heavy (non-hydrogen) atoms. The number of fused-ring (bicyclic) bond motifs is 1. The lowest BCUT2D eigenvalue weighted by molar-refractivity contribution is 0.613. The van der Waals surface area contributed by atoms with Crippen LogP contribution in [-0.4, -0.2) is 26.8 Å². The summed E-state index contributed by atoms with van der Waals surface area (Å²) < 4.78 is 15.8. The van der Waals surface area contributed by atoms with Gasteiger partial charge in [0.2, 0.25) is 5.28 Å². The zero-order chi connectivity index (χ0) is 16.0. The summed E-state index contributed by atoms with van der Waals surface area (Å²) in [6.45, 7) is 3.94. The van der Waals surface area contributed by atoms with E-state index in [0.29, 0.717) is 0 Å². The van der Waals surface area contributed by atoms with Gasteiger partial charge in [-0.25, -0.2) is 9.37 Å². The molecule has 0 aliphatic heterocycles. The van der Waals surface area contributed by atoms with Crippen molar-refractivity contribution in [2.75, 3.05) is 11.9 Å². The van der Waals surface area contributed by atoms with Crippen LogP contribution < -0.4 is 4.90 Å². The summed E-state index contributed by atoms with van der Waals surface area (Å²) >= 11 is 5.78. The monoisotopic (exact) mass is 319 g/mol. The first kappa shape index (κ1) is 14.7. The van der Waals surface area contributed by atoms with Crippen LogP contribution in [0.4, 0.5) is 15.9 Å². The van der Waals surface area contributed by atoms with E-state index in [1.54, 1.807) is 11.9 Å². The van der Waals surface area contributed by atoms with Crippen LogP contribution in [0, 0.1) is 19.7 Å². The molecule has 0 amide bonds. The summed E-state index contributed by atoms with van der Waals surface area (Å²) in [5.74, 6) is -0.381. The van der Waals surface area contributed by atoms with Gasteiger partial charge < -0.3 is 4.90 Å². The van der Waals surface area contributed by atoms with E-state index in [1.807, 2.05) is 37.7 Å². The van der Waals surface area contributed by atoms with Gasteiger partial charge >= 0.3 is 0 Å². The molecule has 2 aromatic heterocycles. The van der Waals surface area contributed by atoms with Crippen LogP contribution in [0.2, 0.25) is 5.28 Å². The van der Waals surface area contributed by atoms with Crippen LogP contribution in [0.1, 0.15) is 11.3 Å². The predicted octanol–water partition coefficient (Wildman–Crippen LogP) is 3.54. The van der Waals surface area contributed by atoms with Gasteiger partial charge in [0, 0.05) is 25.2 Å². The van der Waals surface area contributed by atoms with E-state index in [0.717, 1.165) is 34.0 Å². The second kappa shape index (κ2) is 5.21. The van der Waals surface area contributed by atoms with Gasteiger partial charge in [-0.1, -0.05) is 0 Å². The molecule has 0 aliphatic carbocycles. The van der Waals surface area contributed by atoms with Crippen molar-refractivity contribution in [3.05, 3.63) is 40.7 Å². The second-order valence-corrected chi connectivity index (χ2v) is 5.57. The highest BCUT2D eigenvalue weighted by atomic mass is 35.5. The Hall–Kier alpha value is -2.21. The summed E-state index contributed by atoms with van der Waals surface area (Å²) in [6, 6.07) is 4.02. The summed E-state index contributed by atoms with van der Waals surface area (Å²) in [5.41, 5.74) is 3.78. The fraction of sp³-hybridized carbons (Fsp3) is 0.267. The molecule has 0 saturated heterocycles. The Morgan fingerprint density at radius 1 is 1.27 bits per heavy atom. The first-order valence-corrected chi connectivity index (χ1v) is 7.12. The van der Waals surface area contributed by atoms with E-state index in [1.165, 1.54) is 0 Å². The standard InChI is InChI=1S/C15H15ClFN5/c1-8-5-10-9(2)20-22(4)13(10)6-12(8)21(3)14-11(17)7-18-15(16)19-14/h5-7H,1-4H3. The number of rotatable bonds is 2. The SMILES string of the molecule is Cc1cc2c(C)nn(C)c2cc1N(C)c1nc(Cl)ncc1F. The fourth-order valence-electron chi connectivity index (χ4n) is 2.62. The number of benzene rings is 1. The van der Waals surface area contributed by atoms with Gasteiger partial charge in [-0.2, -0.15) is 10.1 Å². The number of hydrogen-bond acceptors (Lipinski definition) is 4. The summed E-state index contributed by atoms with van der Waals surface area (Å²) in [6.07, 6.45) is 1.07. The molecule has 0 unspecified atom stereocenters. The number of anilines is 2. The highest BCUT2D eigenvalue weighted by Gasteiger charge is 2.17. The Labute approximate surface area is 132 Å². The molecule has 3 rings (SSSR count). The van der Waals surface area contributed by atoms with Gasteiger partial charge in [-0.15, -0.1) is 0 Å². The Morgan fingerprint density at radius 2 is 2.00 bits per heavy atom. The number of halogens is 2. The third-order valence-corrected chi connectivity index (χ3v) is 3.91. The van der Waals surface area contributed by atoms with E-state index in [9.17, 15) is 4.39 Å². The largest absolute Gasteiger partial charge is 0.327 e. The second-order valence-electron chi connectivity index (χ2n) is 5.23. The van der Waals surface area contributed by atoms with Gasteiger partial charge in [-0.05, 0) is 43.1 Å². The summed E-state index contributed by atoms with van der Waals surface area (Å²) in [7, 11) is 3.63. The lowest BCUT2D eigenvalue weighted by Gasteiger charge is -2.21. The number of aryl methyl sites for hydroxylation is 3. The molecule has 2 heterocycles. The van der Waals surface area contributed by atoms with E-state index in [4.69, 9.17) is 11.6 Å². The molecular formula is C15H15ClFN5. The van der Waals surface area contributed by atoms with Crippen molar-refractivity contribution in [1.29, 1.82) is 0 Å². The van der Waals surface area contributed by atoms with Gasteiger partial charge in [-0.3, -0.25) is 4.68 Å². The summed E-state index contributed by atoms with van der Waals surface area (Å²) in [4.78, 5) is 9.29. The molecule has 5 nitrogen and oxygen atoms in total. The van der Waals surface area contributed by atoms with Crippen molar-refractivity contribution >= 4 is 34.0 Å². The molecule has 0 bridgehead atoms. The van der Waals surface area contributed by atoms with Crippen molar-refractivity contribution in [3.8, 4) is 0 Å². The quantitative estimate of drug-likeness (QED) is 0.678. The highest BCUT2D eigenvalue weighted by Crippen LogP contribution is 2.32. The number of hydrogen-bond donors (Lipinski definition) is 0. The third kappa shape index (κ3) is 2.29. The van der Waals surface area contributed by atoms with E-state index >= 15 is 0 Å². The van der Waals surface area contributed by atoms with Gasteiger partial charge in [0.25, 0.3) is 0 Å². The normalized spacial score (nSPS) is 11.2. The van der Waals surface area contributed by atoms with Gasteiger partial charge in [0.05, 0.1) is 17.4 Å². The minimum absolute atomic E-state index is 0.0124. The molecule has 3 aromatic rings. The van der Waals surface area contributed by atoms with Crippen LogP contribution in [0.15, 0.2) is 18.3 Å². The molecule has 7 heteroatoms. The summed E-state index contributed by atoms with van der Waals surface area (Å²) in [5, 5.41) is 5.51. The van der Waals surface area contributed by atoms with Crippen molar-refractivity contribution in [2.45, 2.75) is 13.8 Å². The first-order valence-electron chi connectivity index (χ1n) is 6.74. The zero-order valence-electron chi connectivity index (χ0n) is 12.7. The molecule has 1 aromatic carbocycles. The number of aromatic nitrogens is 4. The average Bonchev–Trinajstić information content (AvgIpc) is 2.74. The van der Waals surface area contributed by atoms with Crippen molar-refractivity contribution in [1.82, 2.24) is 19.7 Å². The Kier molecular flexibility index (Phi) is 3.48. The van der Waals surface area contributed by atoms with Crippen molar-refractivity contribution in [2.24, 2.45) is 7.05 Å². The predicted molar refractivity (Wildman–Crippen MR) is 85.3 cm³/mol. The lowest BCUT2D eigenvalue weighted by atomic mass is 10.1. The fourth-order valence-corrected chi connectivity index (χ4v) is 2.75. The van der Waals surface area contributed by atoms with Gasteiger partial charge in [0.1, 0.15) is 0 Å². The molecule has 0 spiro atoms. The number of nitrogens with zero attached hydrogens (tertiary/aromatic N) is 5. The van der Waals surface area contributed by atoms with E-state index in [2.05, 4.69) is 15.1 Å². The van der Waals surface area contributed by atoms with Crippen molar-refractivity contribution < 1.29 is 4.39 Å². The lowest BCUT2D eigenvalue weighted by Crippen LogP contribution is -2.15. The van der Waals surface area contributed by atoms with Crippen LogP contribution in [-0.2, 0) is 7.05 Å². The zero-order valence-corrected chi connectivity index (χ0v) is 13.5. The molecule has 0 atom stereocenters. The highest BCUT2D eigenvalue weighted by molar-refractivity contribution is 6.28.